The fourth-order valence-corrected chi connectivity index (χ4v) is 6.13. The van der Waals surface area contributed by atoms with Crippen molar-refractivity contribution in [3.05, 3.63) is 137 Å². The maximum Gasteiger partial charge on any atom is 0.132 e. The zero-order valence-corrected chi connectivity index (χ0v) is 18.5. The molecule has 1 spiro atoms. The molecule has 2 aliphatic carbocycles. The number of ether oxygens (including phenoxy) is 1. The van der Waals surface area contributed by atoms with Gasteiger partial charge in [0.15, 0.2) is 0 Å². The third-order valence-electron chi connectivity index (χ3n) is 7.40. The van der Waals surface area contributed by atoms with E-state index in [4.69, 9.17) is 4.74 Å². The molecule has 0 N–H and O–H groups in total. The second kappa shape index (κ2) is 7.11. The molecule has 0 aromatic heterocycles. The molecule has 3 aromatic rings. The second-order valence-corrected chi connectivity index (χ2v) is 9.11. The van der Waals surface area contributed by atoms with Gasteiger partial charge in [-0.1, -0.05) is 72.8 Å². The summed E-state index contributed by atoms with van der Waals surface area (Å²) in [6.07, 6.45) is 15.6. The monoisotopic (exact) mass is 427 g/mol. The average Bonchev–Trinajstić information content (AvgIpc) is 2.89. The molecule has 3 aromatic carbocycles. The van der Waals surface area contributed by atoms with Gasteiger partial charge in [-0.05, 0) is 67.2 Å². The third kappa shape index (κ3) is 2.49. The van der Waals surface area contributed by atoms with Crippen molar-refractivity contribution in [1.29, 1.82) is 0 Å². The van der Waals surface area contributed by atoms with Gasteiger partial charge in [-0.25, -0.2) is 0 Å². The topological polar surface area (TPSA) is 12.5 Å². The molecule has 0 saturated heterocycles. The summed E-state index contributed by atoms with van der Waals surface area (Å²) in [6.45, 7) is 0. The first-order chi connectivity index (χ1) is 16.4. The van der Waals surface area contributed by atoms with Crippen LogP contribution in [0.1, 0.15) is 42.4 Å². The van der Waals surface area contributed by atoms with E-state index in [2.05, 4.69) is 108 Å². The lowest BCUT2D eigenvalue weighted by atomic mass is 9.59. The summed E-state index contributed by atoms with van der Waals surface area (Å²) in [5.41, 5.74) is 8.65. The Morgan fingerprint density at radius 1 is 0.697 bits per heavy atom. The lowest BCUT2D eigenvalue weighted by molar-refractivity contribution is 0.381. The minimum atomic E-state index is -0.393. The van der Waals surface area contributed by atoms with Crippen molar-refractivity contribution < 1.29 is 4.74 Å². The quantitative estimate of drug-likeness (QED) is 0.394. The van der Waals surface area contributed by atoms with Crippen molar-refractivity contribution in [2.75, 3.05) is 4.90 Å². The summed E-state index contributed by atoms with van der Waals surface area (Å²) in [5.74, 6) is 1.97. The van der Waals surface area contributed by atoms with Crippen molar-refractivity contribution >= 4 is 11.4 Å². The molecule has 2 aliphatic heterocycles. The molecule has 2 heterocycles. The van der Waals surface area contributed by atoms with Crippen LogP contribution in [0, 0.1) is 0 Å². The van der Waals surface area contributed by atoms with Gasteiger partial charge in [-0.15, -0.1) is 0 Å². The van der Waals surface area contributed by atoms with E-state index < -0.39 is 5.41 Å². The van der Waals surface area contributed by atoms with E-state index in [1.807, 2.05) is 0 Å². The Hall–Kier alpha value is -3.78. The van der Waals surface area contributed by atoms with E-state index in [-0.39, 0.29) is 0 Å². The lowest BCUT2D eigenvalue weighted by Crippen LogP contribution is -2.43. The van der Waals surface area contributed by atoms with Crippen LogP contribution in [0.4, 0.5) is 11.4 Å². The van der Waals surface area contributed by atoms with Crippen molar-refractivity contribution in [3.8, 4) is 5.75 Å². The van der Waals surface area contributed by atoms with Gasteiger partial charge in [0, 0.05) is 16.8 Å². The highest BCUT2D eigenvalue weighted by molar-refractivity contribution is 5.87. The molecule has 0 unspecified atom stereocenters. The SMILES string of the molecule is C1=CCCC(N2c3ccccc3C3(C4=CCCC=C4Oc4ccccc43)c3ccccc32)=C1. The first kappa shape index (κ1) is 18.8. The van der Waals surface area contributed by atoms with Crippen LogP contribution in [-0.2, 0) is 5.41 Å². The molecular weight excluding hydrogens is 402 g/mol. The van der Waals surface area contributed by atoms with Crippen LogP contribution >= 0.6 is 0 Å². The largest absolute Gasteiger partial charge is 0.457 e. The van der Waals surface area contributed by atoms with Crippen LogP contribution in [0.5, 0.6) is 5.75 Å². The molecular formula is C31H25NO. The first-order valence-electron chi connectivity index (χ1n) is 11.9. The van der Waals surface area contributed by atoms with Gasteiger partial charge in [0.2, 0.25) is 0 Å². The van der Waals surface area contributed by atoms with Crippen molar-refractivity contribution in [2.45, 2.75) is 31.1 Å². The van der Waals surface area contributed by atoms with E-state index in [0.717, 1.165) is 37.2 Å². The van der Waals surface area contributed by atoms with E-state index in [1.165, 1.54) is 39.3 Å². The molecule has 0 bridgehead atoms. The molecule has 4 aliphatic rings. The average molecular weight is 428 g/mol. The number of allylic oxidation sites excluding steroid dienone is 7. The zero-order chi connectivity index (χ0) is 21.8. The zero-order valence-electron chi connectivity index (χ0n) is 18.5. The Morgan fingerprint density at radius 3 is 2.09 bits per heavy atom. The highest BCUT2D eigenvalue weighted by Crippen LogP contribution is 2.62. The number of hydrogen-bond acceptors (Lipinski definition) is 2. The number of fused-ring (bicyclic) bond motifs is 8. The second-order valence-electron chi connectivity index (χ2n) is 9.11. The summed E-state index contributed by atoms with van der Waals surface area (Å²) in [4.78, 5) is 2.49. The summed E-state index contributed by atoms with van der Waals surface area (Å²) in [7, 11) is 0. The smallest absolute Gasteiger partial charge is 0.132 e. The van der Waals surface area contributed by atoms with E-state index >= 15 is 0 Å². The minimum Gasteiger partial charge on any atom is -0.457 e. The van der Waals surface area contributed by atoms with Gasteiger partial charge in [0.1, 0.15) is 11.5 Å². The summed E-state index contributed by atoms with van der Waals surface area (Å²) in [5, 5.41) is 0. The van der Waals surface area contributed by atoms with Crippen LogP contribution in [0.25, 0.3) is 0 Å². The summed E-state index contributed by atoms with van der Waals surface area (Å²) < 4.78 is 6.50. The molecule has 0 radical (unpaired) electrons. The van der Waals surface area contributed by atoms with Gasteiger partial charge in [-0.2, -0.15) is 0 Å². The molecule has 2 nitrogen and oxygen atoms in total. The maximum atomic E-state index is 6.50. The number of anilines is 2. The Balaban J connectivity index is 1.63. The number of nitrogens with zero attached hydrogens (tertiary/aromatic N) is 1. The predicted octanol–water partition coefficient (Wildman–Crippen LogP) is 7.70. The summed E-state index contributed by atoms with van der Waals surface area (Å²) >= 11 is 0. The van der Waals surface area contributed by atoms with Crippen LogP contribution in [0.15, 0.2) is 120 Å². The molecule has 0 amide bonds. The summed E-state index contributed by atoms with van der Waals surface area (Å²) in [6, 6.07) is 26.5. The fraction of sp³-hybridized carbons (Fsp3) is 0.161. The van der Waals surface area contributed by atoms with Crippen LogP contribution < -0.4 is 9.64 Å². The molecule has 160 valence electrons. The van der Waals surface area contributed by atoms with Gasteiger partial charge in [-0.3, -0.25) is 0 Å². The normalized spacial score (nSPS) is 19.3. The van der Waals surface area contributed by atoms with Crippen LogP contribution in [0.3, 0.4) is 0 Å². The van der Waals surface area contributed by atoms with Crippen molar-refractivity contribution in [2.24, 2.45) is 0 Å². The Morgan fingerprint density at radius 2 is 1.36 bits per heavy atom. The lowest BCUT2D eigenvalue weighted by Gasteiger charge is -2.50. The molecule has 33 heavy (non-hydrogen) atoms. The van der Waals surface area contributed by atoms with Gasteiger partial charge in [0.05, 0.1) is 16.8 Å². The standard InChI is InChI=1S/C31H25NO/c1-2-12-22(13-3-1)32-27-18-8-4-14-23(27)31(24-15-5-9-19-28(24)32)25-16-6-10-20-29(25)33-30-21-11-7-17-26(30)31/h1-2,4-6,8-10,12,14-21H,3,7,11,13H2. The molecule has 0 fully saturated rings. The van der Waals surface area contributed by atoms with Gasteiger partial charge in [0.25, 0.3) is 0 Å². The first-order valence-corrected chi connectivity index (χ1v) is 11.9. The Bertz CT molecular complexity index is 1360. The molecule has 2 heteroatoms. The number of hydrogen-bond donors (Lipinski definition) is 0. The van der Waals surface area contributed by atoms with Crippen molar-refractivity contribution in [1.82, 2.24) is 0 Å². The number of rotatable bonds is 1. The van der Waals surface area contributed by atoms with Crippen molar-refractivity contribution in [3.63, 3.8) is 0 Å². The fourth-order valence-electron chi connectivity index (χ4n) is 6.13. The maximum absolute atomic E-state index is 6.50. The van der Waals surface area contributed by atoms with E-state index in [1.54, 1.807) is 0 Å². The van der Waals surface area contributed by atoms with Gasteiger partial charge >= 0.3 is 0 Å². The number of para-hydroxylation sites is 3. The van der Waals surface area contributed by atoms with E-state index in [0.29, 0.717) is 0 Å². The predicted molar refractivity (Wildman–Crippen MR) is 134 cm³/mol. The highest BCUT2D eigenvalue weighted by atomic mass is 16.5. The van der Waals surface area contributed by atoms with E-state index in [9.17, 15) is 0 Å². The molecule has 0 atom stereocenters. The third-order valence-corrected chi connectivity index (χ3v) is 7.40. The Labute approximate surface area is 194 Å². The van der Waals surface area contributed by atoms with Crippen LogP contribution in [-0.4, -0.2) is 0 Å². The molecule has 7 rings (SSSR count). The van der Waals surface area contributed by atoms with Gasteiger partial charge < -0.3 is 9.64 Å². The number of benzene rings is 3. The van der Waals surface area contributed by atoms with Crippen LogP contribution in [0.2, 0.25) is 0 Å². The molecule has 0 saturated carbocycles. The Kier molecular flexibility index (Phi) is 4.04. The minimum absolute atomic E-state index is 0.393. The highest BCUT2D eigenvalue weighted by Gasteiger charge is 2.52.